The average molecular weight is 309 g/mol. The van der Waals surface area contributed by atoms with Crippen molar-refractivity contribution in [1.29, 1.82) is 0 Å². The molecule has 1 aliphatic heterocycles. The third-order valence-electron chi connectivity index (χ3n) is 3.34. The number of nitrogens with zero attached hydrogens (tertiary/aromatic N) is 2. The first-order valence-electron chi connectivity index (χ1n) is 6.23. The number of piperidine rings is 1. The van der Waals surface area contributed by atoms with E-state index in [9.17, 15) is 4.79 Å². The quantitative estimate of drug-likeness (QED) is 0.887. The van der Waals surface area contributed by atoms with Crippen molar-refractivity contribution >= 4 is 30.7 Å². The van der Waals surface area contributed by atoms with Crippen molar-refractivity contribution in [3.05, 3.63) is 18.2 Å². The normalized spacial score (nSPS) is 15.5. The molecule has 1 fully saturated rings. The molecule has 1 saturated heterocycles. The molecule has 0 atom stereocenters. The fourth-order valence-electron chi connectivity index (χ4n) is 2.29. The Hall–Kier alpha value is -0.780. The lowest BCUT2D eigenvalue weighted by Gasteiger charge is -2.31. The van der Waals surface area contributed by atoms with Crippen molar-refractivity contribution in [2.45, 2.75) is 25.2 Å². The Bertz CT molecular complexity index is 351. The second-order valence-electron chi connectivity index (χ2n) is 4.48. The fourth-order valence-corrected chi connectivity index (χ4v) is 2.29. The molecule has 7 heteroatoms. The van der Waals surface area contributed by atoms with Gasteiger partial charge >= 0.3 is 0 Å². The minimum absolute atomic E-state index is 0. The summed E-state index contributed by atoms with van der Waals surface area (Å²) in [5.41, 5.74) is 0. The van der Waals surface area contributed by atoms with Crippen LogP contribution in [-0.2, 0) is 4.79 Å². The molecular weight excluding hydrogens is 287 g/mol. The Morgan fingerprint density at radius 3 is 2.68 bits per heavy atom. The van der Waals surface area contributed by atoms with E-state index in [-0.39, 0.29) is 30.7 Å². The van der Waals surface area contributed by atoms with Crippen molar-refractivity contribution in [3.8, 4) is 0 Å². The number of hydrogen-bond acceptors (Lipinski definition) is 3. The van der Waals surface area contributed by atoms with Crippen LogP contribution in [0, 0.1) is 0 Å². The summed E-state index contributed by atoms with van der Waals surface area (Å²) in [7, 11) is 1.87. The number of hydrogen-bond donors (Lipinski definition) is 2. The van der Waals surface area contributed by atoms with Crippen LogP contribution in [0.5, 0.6) is 0 Å². The number of amides is 1. The summed E-state index contributed by atoms with van der Waals surface area (Å²) in [6.07, 6.45) is 6.28. The number of aromatic nitrogens is 2. The molecule has 0 unspecified atom stereocenters. The number of imidazole rings is 1. The van der Waals surface area contributed by atoms with E-state index in [0.717, 1.165) is 38.3 Å². The molecule has 1 aromatic rings. The maximum absolute atomic E-state index is 11.8. The lowest BCUT2D eigenvalue weighted by Crippen LogP contribution is -2.39. The van der Waals surface area contributed by atoms with Crippen molar-refractivity contribution in [1.82, 2.24) is 20.2 Å². The van der Waals surface area contributed by atoms with E-state index in [1.807, 2.05) is 18.1 Å². The Morgan fingerprint density at radius 2 is 2.16 bits per heavy atom. The van der Waals surface area contributed by atoms with Gasteiger partial charge in [0.1, 0.15) is 5.82 Å². The number of nitrogens with one attached hydrogen (secondary N) is 2. The zero-order valence-corrected chi connectivity index (χ0v) is 12.7. The van der Waals surface area contributed by atoms with E-state index in [1.54, 1.807) is 6.20 Å². The highest BCUT2D eigenvalue weighted by molar-refractivity contribution is 5.85. The number of aromatic amines is 1. The lowest BCUT2D eigenvalue weighted by molar-refractivity contribution is -0.132. The van der Waals surface area contributed by atoms with E-state index < -0.39 is 0 Å². The molecule has 2 heterocycles. The molecule has 2 N–H and O–H groups in total. The molecule has 0 aliphatic carbocycles. The van der Waals surface area contributed by atoms with Gasteiger partial charge in [0.15, 0.2) is 0 Å². The monoisotopic (exact) mass is 308 g/mol. The highest BCUT2D eigenvalue weighted by Crippen LogP contribution is 2.25. The Labute approximate surface area is 126 Å². The number of carbonyl (C=O) groups is 1. The number of carbonyl (C=O) groups excluding carboxylic acids is 1. The van der Waals surface area contributed by atoms with Gasteiger partial charge in [-0.15, -0.1) is 24.8 Å². The zero-order valence-electron chi connectivity index (χ0n) is 11.1. The van der Waals surface area contributed by atoms with E-state index in [1.165, 1.54) is 0 Å². The van der Waals surface area contributed by atoms with Gasteiger partial charge in [-0.25, -0.2) is 4.98 Å². The summed E-state index contributed by atoms with van der Waals surface area (Å²) in [5.74, 6) is 1.81. The summed E-state index contributed by atoms with van der Waals surface area (Å²) < 4.78 is 0. The highest BCUT2D eigenvalue weighted by Gasteiger charge is 2.24. The van der Waals surface area contributed by atoms with Crippen molar-refractivity contribution in [3.63, 3.8) is 0 Å². The predicted octanol–water partition coefficient (Wildman–Crippen LogP) is 1.57. The third kappa shape index (κ3) is 5.01. The van der Waals surface area contributed by atoms with Crippen LogP contribution in [0.25, 0.3) is 0 Å². The molecular formula is C12H22Cl2N4O. The van der Waals surface area contributed by atoms with Crippen LogP contribution in [0.3, 0.4) is 0 Å². The topological polar surface area (TPSA) is 61.0 Å². The molecule has 1 aromatic heterocycles. The molecule has 19 heavy (non-hydrogen) atoms. The van der Waals surface area contributed by atoms with Gasteiger partial charge in [-0.2, -0.15) is 0 Å². The van der Waals surface area contributed by atoms with Gasteiger partial charge in [-0.1, -0.05) is 0 Å². The van der Waals surface area contributed by atoms with E-state index in [0.29, 0.717) is 12.3 Å². The maximum Gasteiger partial charge on any atom is 0.223 e. The van der Waals surface area contributed by atoms with Gasteiger partial charge in [0, 0.05) is 44.4 Å². The summed E-state index contributed by atoms with van der Waals surface area (Å²) in [5, 5.41) is 3.01. The minimum atomic E-state index is 0. The van der Waals surface area contributed by atoms with Crippen LogP contribution >= 0.6 is 24.8 Å². The molecule has 0 spiro atoms. The van der Waals surface area contributed by atoms with Crippen LogP contribution in [0.4, 0.5) is 0 Å². The minimum Gasteiger partial charge on any atom is -0.348 e. The van der Waals surface area contributed by atoms with E-state index in [4.69, 9.17) is 0 Å². The number of H-pyrrole nitrogens is 1. The van der Waals surface area contributed by atoms with Crippen LogP contribution in [0.1, 0.15) is 31.0 Å². The number of halogens is 2. The molecule has 0 radical (unpaired) electrons. The summed E-state index contributed by atoms with van der Waals surface area (Å²) in [6, 6.07) is 0. The fraction of sp³-hybridized carbons (Fsp3) is 0.667. The molecule has 0 bridgehead atoms. The molecule has 0 saturated carbocycles. The smallest absolute Gasteiger partial charge is 0.223 e. The largest absolute Gasteiger partial charge is 0.348 e. The first-order chi connectivity index (χ1) is 8.31. The van der Waals surface area contributed by atoms with Crippen LogP contribution in [-0.4, -0.2) is 47.5 Å². The standard InChI is InChI=1S/C12H20N4O.2ClH/c1-13-5-2-11(17)16-8-3-10(4-9-16)12-14-6-7-15-12;;/h6-7,10,13H,2-5,8-9H2,1H3,(H,14,15);2*1H. The second-order valence-corrected chi connectivity index (χ2v) is 4.48. The molecule has 2 rings (SSSR count). The SMILES string of the molecule is CNCCC(=O)N1CCC(c2ncc[nH]2)CC1.Cl.Cl. The highest BCUT2D eigenvalue weighted by atomic mass is 35.5. The summed E-state index contributed by atoms with van der Waals surface area (Å²) >= 11 is 0. The molecule has 1 aliphatic rings. The molecule has 1 amide bonds. The second kappa shape index (κ2) is 9.18. The first-order valence-corrected chi connectivity index (χ1v) is 6.23. The average Bonchev–Trinajstić information content (AvgIpc) is 2.90. The lowest BCUT2D eigenvalue weighted by atomic mass is 9.96. The van der Waals surface area contributed by atoms with Crippen molar-refractivity contribution < 1.29 is 4.79 Å². The van der Waals surface area contributed by atoms with Crippen LogP contribution in [0.15, 0.2) is 12.4 Å². The third-order valence-corrected chi connectivity index (χ3v) is 3.34. The maximum atomic E-state index is 11.8. The molecule has 0 aromatic carbocycles. The Kier molecular flexibility index (Phi) is 8.80. The van der Waals surface area contributed by atoms with Crippen molar-refractivity contribution in [2.24, 2.45) is 0 Å². The van der Waals surface area contributed by atoms with Gasteiger partial charge in [-0.05, 0) is 19.9 Å². The van der Waals surface area contributed by atoms with Crippen LogP contribution < -0.4 is 5.32 Å². The molecule has 5 nitrogen and oxygen atoms in total. The van der Waals surface area contributed by atoms with Gasteiger partial charge in [0.2, 0.25) is 5.91 Å². The van der Waals surface area contributed by atoms with Crippen molar-refractivity contribution in [2.75, 3.05) is 26.7 Å². The number of rotatable bonds is 4. The van der Waals surface area contributed by atoms with E-state index >= 15 is 0 Å². The van der Waals surface area contributed by atoms with Gasteiger partial charge in [-0.3, -0.25) is 4.79 Å². The van der Waals surface area contributed by atoms with Gasteiger partial charge in [0.25, 0.3) is 0 Å². The first kappa shape index (κ1) is 18.2. The van der Waals surface area contributed by atoms with E-state index in [2.05, 4.69) is 15.3 Å². The Morgan fingerprint density at radius 1 is 1.47 bits per heavy atom. The van der Waals surface area contributed by atoms with Gasteiger partial charge in [0.05, 0.1) is 0 Å². The Balaban J connectivity index is 0.00000162. The summed E-state index contributed by atoms with van der Waals surface area (Å²) in [4.78, 5) is 21.2. The predicted molar refractivity (Wildman–Crippen MR) is 80.2 cm³/mol. The van der Waals surface area contributed by atoms with Crippen LogP contribution in [0.2, 0.25) is 0 Å². The summed E-state index contributed by atoms with van der Waals surface area (Å²) in [6.45, 7) is 2.47. The van der Waals surface area contributed by atoms with Gasteiger partial charge < -0.3 is 15.2 Å². The molecule has 110 valence electrons. The zero-order chi connectivity index (χ0) is 12.1. The number of likely N-dealkylation sites (tertiary alicyclic amines) is 1.